The number of rotatable bonds is 3. The average Bonchev–Trinajstić information content (AvgIpc) is 2.86. The van der Waals surface area contributed by atoms with Crippen molar-refractivity contribution in [3.05, 3.63) is 18.2 Å². The summed E-state index contributed by atoms with van der Waals surface area (Å²) in [5.41, 5.74) is 6.68. The van der Waals surface area contributed by atoms with Crippen molar-refractivity contribution < 1.29 is 14.3 Å². The second-order valence-corrected chi connectivity index (χ2v) is 5.72. The van der Waals surface area contributed by atoms with Crippen molar-refractivity contribution in [2.45, 2.75) is 44.1 Å². The van der Waals surface area contributed by atoms with E-state index in [0.29, 0.717) is 17.9 Å². The SMILES string of the molecule is NC1(CC(=O)Nc2ccc3c(c2)OCO3)CCCCC1. The molecule has 0 spiro atoms. The Kier molecular flexibility index (Phi) is 3.53. The zero-order valence-corrected chi connectivity index (χ0v) is 11.5. The molecular weight excluding hydrogens is 256 g/mol. The van der Waals surface area contributed by atoms with Gasteiger partial charge in [0.2, 0.25) is 12.7 Å². The fourth-order valence-electron chi connectivity index (χ4n) is 2.93. The van der Waals surface area contributed by atoms with E-state index in [1.54, 1.807) is 12.1 Å². The molecule has 1 aromatic rings. The number of anilines is 1. The van der Waals surface area contributed by atoms with Crippen LogP contribution in [0.25, 0.3) is 0 Å². The van der Waals surface area contributed by atoms with Gasteiger partial charge in [-0.2, -0.15) is 0 Å². The molecule has 3 rings (SSSR count). The smallest absolute Gasteiger partial charge is 0.231 e. The van der Waals surface area contributed by atoms with Gasteiger partial charge in [-0.05, 0) is 25.0 Å². The van der Waals surface area contributed by atoms with E-state index in [4.69, 9.17) is 15.2 Å². The molecule has 1 fully saturated rings. The molecule has 0 saturated heterocycles. The maximum atomic E-state index is 12.1. The van der Waals surface area contributed by atoms with Crippen LogP contribution in [0, 0.1) is 0 Å². The largest absolute Gasteiger partial charge is 0.454 e. The van der Waals surface area contributed by atoms with Gasteiger partial charge in [0, 0.05) is 23.7 Å². The van der Waals surface area contributed by atoms with Crippen LogP contribution in [0.2, 0.25) is 0 Å². The van der Waals surface area contributed by atoms with Gasteiger partial charge in [-0.1, -0.05) is 19.3 Å². The number of hydrogen-bond acceptors (Lipinski definition) is 4. The van der Waals surface area contributed by atoms with Crippen LogP contribution >= 0.6 is 0 Å². The fourth-order valence-corrected chi connectivity index (χ4v) is 2.93. The van der Waals surface area contributed by atoms with Gasteiger partial charge in [0.05, 0.1) is 0 Å². The summed E-state index contributed by atoms with van der Waals surface area (Å²) in [7, 11) is 0. The number of nitrogens with two attached hydrogens (primary N) is 1. The van der Waals surface area contributed by atoms with Crippen LogP contribution in [-0.4, -0.2) is 18.2 Å². The van der Waals surface area contributed by atoms with Crippen molar-refractivity contribution in [1.82, 2.24) is 0 Å². The molecule has 0 atom stereocenters. The Morgan fingerprint density at radius 2 is 1.95 bits per heavy atom. The average molecular weight is 276 g/mol. The lowest BCUT2D eigenvalue weighted by Crippen LogP contribution is -2.44. The highest BCUT2D eigenvalue weighted by Crippen LogP contribution is 2.34. The first-order valence-electron chi connectivity index (χ1n) is 7.13. The summed E-state index contributed by atoms with van der Waals surface area (Å²) in [5.74, 6) is 1.35. The highest BCUT2D eigenvalue weighted by atomic mass is 16.7. The molecule has 5 heteroatoms. The lowest BCUT2D eigenvalue weighted by Gasteiger charge is -2.32. The van der Waals surface area contributed by atoms with Crippen molar-refractivity contribution in [1.29, 1.82) is 0 Å². The Morgan fingerprint density at radius 1 is 1.20 bits per heavy atom. The minimum absolute atomic E-state index is 0.0340. The minimum atomic E-state index is -0.335. The number of benzene rings is 1. The summed E-state index contributed by atoms with van der Waals surface area (Å²) >= 11 is 0. The van der Waals surface area contributed by atoms with E-state index >= 15 is 0 Å². The number of hydrogen-bond donors (Lipinski definition) is 2. The van der Waals surface area contributed by atoms with Crippen molar-refractivity contribution in [3.63, 3.8) is 0 Å². The van der Waals surface area contributed by atoms with E-state index in [1.807, 2.05) is 6.07 Å². The summed E-state index contributed by atoms with van der Waals surface area (Å²) in [4.78, 5) is 12.1. The maximum Gasteiger partial charge on any atom is 0.231 e. The predicted molar refractivity (Wildman–Crippen MR) is 75.8 cm³/mol. The van der Waals surface area contributed by atoms with Crippen LogP contribution < -0.4 is 20.5 Å². The second-order valence-electron chi connectivity index (χ2n) is 5.72. The molecule has 1 saturated carbocycles. The Balaban J connectivity index is 1.61. The molecule has 1 aliphatic carbocycles. The first kappa shape index (κ1) is 13.2. The molecule has 2 aliphatic rings. The molecule has 1 heterocycles. The van der Waals surface area contributed by atoms with E-state index < -0.39 is 0 Å². The third kappa shape index (κ3) is 2.88. The quantitative estimate of drug-likeness (QED) is 0.889. The van der Waals surface area contributed by atoms with Crippen molar-refractivity contribution in [3.8, 4) is 11.5 Å². The first-order valence-corrected chi connectivity index (χ1v) is 7.13. The van der Waals surface area contributed by atoms with E-state index in [-0.39, 0.29) is 18.2 Å². The normalized spacial score (nSPS) is 19.6. The molecular formula is C15H20N2O3. The second kappa shape index (κ2) is 5.32. The van der Waals surface area contributed by atoms with Crippen LogP contribution in [0.1, 0.15) is 38.5 Å². The highest BCUT2D eigenvalue weighted by Gasteiger charge is 2.30. The van der Waals surface area contributed by atoms with E-state index in [2.05, 4.69) is 5.32 Å². The summed E-state index contributed by atoms with van der Waals surface area (Å²) in [5, 5.41) is 2.89. The first-order chi connectivity index (χ1) is 9.65. The predicted octanol–water partition coefficient (Wildman–Crippen LogP) is 2.41. The molecule has 0 radical (unpaired) electrons. The molecule has 0 unspecified atom stereocenters. The Labute approximate surface area is 118 Å². The molecule has 20 heavy (non-hydrogen) atoms. The molecule has 0 aromatic heterocycles. The van der Waals surface area contributed by atoms with Crippen LogP contribution in [0.15, 0.2) is 18.2 Å². The van der Waals surface area contributed by atoms with E-state index in [1.165, 1.54) is 6.42 Å². The number of amides is 1. The molecule has 1 aliphatic heterocycles. The number of nitrogens with one attached hydrogen (secondary N) is 1. The number of ether oxygens (including phenoxy) is 2. The van der Waals surface area contributed by atoms with Crippen LogP contribution in [0.3, 0.4) is 0 Å². The van der Waals surface area contributed by atoms with Gasteiger partial charge in [-0.3, -0.25) is 4.79 Å². The van der Waals surface area contributed by atoms with Gasteiger partial charge in [0.25, 0.3) is 0 Å². The van der Waals surface area contributed by atoms with Crippen LogP contribution in [0.4, 0.5) is 5.69 Å². The topological polar surface area (TPSA) is 73.6 Å². The summed E-state index contributed by atoms with van der Waals surface area (Å²) in [6.07, 6.45) is 5.70. The minimum Gasteiger partial charge on any atom is -0.454 e. The number of fused-ring (bicyclic) bond motifs is 1. The van der Waals surface area contributed by atoms with Crippen LogP contribution in [-0.2, 0) is 4.79 Å². The van der Waals surface area contributed by atoms with Crippen molar-refractivity contribution in [2.75, 3.05) is 12.1 Å². The maximum absolute atomic E-state index is 12.1. The summed E-state index contributed by atoms with van der Waals surface area (Å²) < 4.78 is 10.5. The van der Waals surface area contributed by atoms with Gasteiger partial charge in [-0.25, -0.2) is 0 Å². The number of carbonyl (C=O) groups is 1. The van der Waals surface area contributed by atoms with Gasteiger partial charge >= 0.3 is 0 Å². The zero-order chi connectivity index (χ0) is 14.0. The summed E-state index contributed by atoms with van der Waals surface area (Å²) in [6, 6.07) is 5.40. The van der Waals surface area contributed by atoms with Crippen molar-refractivity contribution >= 4 is 11.6 Å². The molecule has 3 N–H and O–H groups in total. The van der Waals surface area contributed by atoms with E-state index in [0.717, 1.165) is 31.4 Å². The van der Waals surface area contributed by atoms with Gasteiger partial charge in [0.1, 0.15) is 0 Å². The van der Waals surface area contributed by atoms with Gasteiger partial charge in [-0.15, -0.1) is 0 Å². The molecule has 0 bridgehead atoms. The van der Waals surface area contributed by atoms with Crippen molar-refractivity contribution in [2.24, 2.45) is 5.73 Å². The zero-order valence-electron chi connectivity index (χ0n) is 11.5. The monoisotopic (exact) mass is 276 g/mol. The van der Waals surface area contributed by atoms with Gasteiger partial charge < -0.3 is 20.5 Å². The third-order valence-corrected chi connectivity index (χ3v) is 4.02. The summed E-state index contributed by atoms with van der Waals surface area (Å²) in [6.45, 7) is 0.235. The Hall–Kier alpha value is -1.75. The Bertz CT molecular complexity index is 510. The highest BCUT2D eigenvalue weighted by molar-refractivity contribution is 5.91. The van der Waals surface area contributed by atoms with Crippen LogP contribution in [0.5, 0.6) is 11.5 Å². The lowest BCUT2D eigenvalue weighted by molar-refractivity contribution is -0.117. The van der Waals surface area contributed by atoms with Gasteiger partial charge in [0.15, 0.2) is 11.5 Å². The standard InChI is InChI=1S/C15H20N2O3/c16-15(6-2-1-3-7-15)9-14(18)17-11-4-5-12-13(8-11)20-10-19-12/h4-5,8H,1-3,6-7,9-10,16H2,(H,17,18). The third-order valence-electron chi connectivity index (χ3n) is 4.02. The Morgan fingerprint density at radius 3 is 2.75 bits per heavy atom. The number of carbonyl (C=O) groups excluding carboxylic acids is 1. The molecule has 1 aromatic carbocycles. The van der Waals surface area contributed by atoms with E-state index in [9.17, 15) is 4.79 Å². The molecule has 5 nitrogen and oxygen atoms in total. The fraction of sp³-hybridized carbons (Fsp3) is 0.533. The molecule has 1 amide bonds. The lowest BCUT2D eigenvalue weighted by atomic mass is 9.80. The molecule has 108 valence electrons.